The minimum Gasteiger partial charge on any atom is -0.478 e. The highest BCUT2D eigenvalue weighted by atomic mass is 35.5. The topological polar surface area (TPSA) is 97.5 Å². The van der Waals surface area contributed by atoms with Gasteiger partial charge in [0, 0.05) is 17.7 Å². The number of benzene rings is 1. The highest BCUT2D eigenvalue weighted by molar-refractivity contribution is 7.21. The first-order valence-corrected chi connectivity index (χ1v) is 6.17. The third-order valence-corrected chi connectivity index (χ3v) is 4.20. The standard InChI is InChI=1S/C11H6ClNO5S/c1-4(14)10-9(12)8-6(13(17)18)2-5(11(15)16)3-7(8)19-10/h2-3H,1H3,(H,15,16). The van der Waals surface area contributed by atoms with Crippen molar-refractivity contribution in [3.8, 4) is 0 Å². The van der Waals surface area contributed by atoms with Crippen molar-refractivity contribution in [1.82, 2.24) is 0 Å². The lowest BCUT2D eigenvalue weighted by Crippen LogP contribution is -1.98. The third-order valence-electron chi connectivity index (χ3n) is 2.48. The smallest absolute Gasteiger partial charge is 0.335 e. The highest BCUT2D eigenvalue weighted by Crippen LogP contribution is 2.41. The van der Waals surface area contributed by atoms with Gasteiger partial charge in [0.1, 0.15) is 0 Å². The Labute approximate surface area is 115 Å². The van der Waals surface area contributed by atoms with Crippen LogP contribution in [0.3, 0.4) is 0 Å². The number of nitrogens with zero attached hydrogens (tertiary/aromatic N) is 1. The van der Waals surface area contributed by atoms with Crippen LogP contribution in [0.25, 0.3) is 10.1 Å². The SMILES string of the molecule is CC(=O)c1sc2cc(C(=O)O)cc([N+](=O)[O-])c2c1Cl. The number of carboxylic acid groups (broad SMARTS) is 1. The molecule has 19 heavy (non-hydrogen) atoms. The number of hydrogen-bond donors (Lipinski definition) is 1. The van der Waals surface area contributed by atoms with E-state index in [-0.39, 0.29) is 26.6 Å². The van der Waals surface area contributed by atoms with Gasteiger partial charge in [0.2, 0.25) is 0 Å². The van der Waals surface area contributed by atoms with Crippen LogP contribution in [0.5, 0.6) is 0 Å². The second-order valence-electron chi connectivity index (χ2n) is 3.73. The summed E-state index contributed by atoms with van der Waals surface area (Å²) in [6, 6.07) is 2.21. The lowest BCUT2D eigenvalue weighted by Gasteiger charge is -1.98. The zero-order chi connectivity index (χ0) is 14.3. The van der Waals surface area contributed by atoms with Crippen LogP contribution < -0.4 is 0 Å². The number of nitro benzene ring substituents is 1. The van der Waals surface area contributed by atoms with Crippen molar-refractivity contribution in [3.63, 3.8) is 0 Å². The molecule has 0 aliphatic heterocycles. The summed E-state index contributed by atoms with van der Waals surface area (Å²) in [5, 5.41) is 20.0. The number of carbonyl (C=O) groups is 2. The van der Waals surface area contributed by atoms with E-state index in [2.05, 4.69) is 0 Å². The Morgan fingerprint density at radius 2 is 2.05 bits per heavy atom. The van der Waals surface area contributed by atoms with Gasteiger partial charge >= 0.3 is 5.97 Å². The highest BCUT2D eigenvalue weighted by Gasteiger charge is 2.24. The summed E-state index contributed by atoms with van der Waals surface area (Å²) in [6.45, 7) is 1.29. The van der Waals surface area contributed by atoms with Gasteiger partial charge in [-0.3, -0.25) is 14.9 Å². The van der Waals surface area contributed by atoms with Crippen LogP contribution >= 0.6 is 22.9 Å². The average Bonchev–Trinajstić information content (AvgIpc) is 2.65. The molecule has 0 saturated carbocycles. The summed E-state index contributed by atoms with van der Waals surface area (Å²) < 4.78 is 0.307. The Balaban J connectivity index is 2.92. The number of halogens is 1. The number of aromatic carboxylic acids is 1. The third kappa shape index (κ3) is 2.18. The van der Waals surface area contributed by atoms with E-state index in [0.29, 0.717) is 4.70 Å². The molecule has 0 spiro atoms. The van der Waals surface area contributed by atoms with Crippen molar-refractivity contribution in [1.29, 1.82) is 0 Å². The molecule has 6 nitrogen and oxygen atoms in total. The van der Waals surface area contributed by atoms with Gasteiger partial charge in [0.25, 0.3) is 5.69 Å². The Hall–Kier alpha value is -1.99. The molecule has 2 aromatic rings. The van der Waals surface area contributed by atoms with Crippen molar-refractivity contribution in [2.45, 2.75) is 6.92 Å². The summed E-state index contributed by atoms with van der Waals surface area (Å²) in [5.74, 6) is -1.60. The summed E-state index contributed by atoms with van der Waals surface area (Å²) in [5.41, 5.74) is -0.629. The molecule has 0 saturated heterocycles. The molecule has 98 valence electrons. The molecule has 0 radical (unpaired) electrons. The number of rotatable bonds is 3. The Morgan fingerprint density at radius 1 is 1.42 bits per heavy atom. The number of ketones is 1. The monoisotopic (exact) mass is 299 g/mol. The summed E-state index contributed by atoms with van der Waals surface area (Å²) in [7, 11) is 0. The Morgan fingerprint density at radius 3 is 2.53 bits per heavy atom. The average molecular weight is 300 g/mol. The molecule has 0 bridgehead atoms. The van der Waals surface area contributed by atoms with E-state index >= 15 is 0 Å². The van der Waals surface area contributed by atoms with Crippen molar-refractivity contribution >= 4 is 50.5 Å². The fourth-order valence-corrected chi connectivity index (χ4v) is 3.22. The van der Waals surface area contributed by atoms with Crippen LogP contribution in [0.1, 0.15) is 27.0 Å². The fraction of sp³-hybridized carbons (Fsp3) is 0.0909. The van der Waals surface area contributed by atoms with E-state index < -0.39 is 16.6 Å². The van der Waals surface area contributed by atoms with Gasteiger partial charge < -0.3 is 5.11 Å². The first-order chi connectivity index (χ1) is 8.82. The van der Waals surface area contributed by atoms with Crippen LogP contribution in [0.4, 0.5) is 5.69 Å². The first-order valence-electron chi connectivity index (χ1n) is 4.97. The number of thiophene rings is 1. The predicted molar refractivity (Wildman–Crippen MR) is 70.5 cm³/mol. The summed E-state index contributed by atoms with van der Waals surface area (Å²) in [6.07, 6.45) is 0. The molecular formula is C11H6ClNO5S. The molecule has 0 fully saturated rings. The molecule has 1 heterocycles. The second-order valence-corrected chi connectivity index (χ2v) is 5.16. The van der Waals surface area contributed by atoms with Gasteiger partial charge in [-0.25, -0.2) is 4.79 Å². The molecule has 1 aromatic carbocycles. The fourth-order valence-electron chi connectivity index (χ4n) is 1.66. The van der Waals surface area contributed by atoms with Crippen molar-refractivity contribution in [2.75, 3.05) is 0 Å². The quantitative estimate of drug-likeness (QED) is 0.532. The minimum absolute atomic E-state index is 0.00358. The van der Waals surface area contributed by atoms with E-state index in [0.717, 1.165) is 17.4 Å². The molecule has 8 heteroatoms. The molecule has 2 rings (SSSR count). The Bertz CT molecular complexity index is 736. The molecule has 0 unspecified atom stereocenters. The number of non-ortho nitro benzene ring substituents is 1. The molecule has 0 aliphatic rings. The summed E-state index contributed by atoms with van der Waals surface area (Å²) in [4.78, 5) is 32.8. The maximum absolute atomic E-state index is 11.4. The van der Waals surface area contributed by atoms with Gasteiger partial charge in [-0.1, -0.05) is 11.6 Å². The van der Waals surface area contributed by atoms with Crippen molar-refractivity contribution < 1.29 is 19.6 Å². The number of carboxylic acids is 1. The van der Waals surface area contributed by atoms with Gasteiger partial charge in [-0.05, 0) is 6.07 Å². The van der Waals surface area contributed by atoms with E-state index in [1.807, 2.05) is 0 Å². The normalized spacial score (nSPS) is 10.6. The van der Waals surface area contributed by atoms with E-state index in [1.165, 1.54) is 13.0 Å². The number of carbonyl (C=O) groups excluding carboxylic acids is 1. The van der Waals surface area contributed by atoms with Crippen molar-refractivity contribution in [3.05, 3.63) is 37.7 Å². The lowest BCUT2D eigenvalue weighted by atomic mass is 10.1. The maximum atomic E-state index is 11.4. The number of Topliss-reactive ketones (excluding diaryl/α,β-unsaturated/α-hetero) is 1. The van der Waals surface area contributed by atoms with E-state index in [9.17, 15) is 19.7 Å². The minimum atomic E-state index is -1.28. The van der Waals surface area contributed by atoms with Crippen molar-refractivity contribution in [2.24, 2.45) is 0 Å². The largest absolute Gasteiger partial charge is 0.478 e. The van der Waals surface area contributed by atoms with E-state index in [4.69, 9.17) is 16.7 Å². The first kappa shape index (κ1) is 13.4. The van der Waals surface area contributed by atoms with Gasteiger partial charge in [0.05, 0.1) is 25.8 Å². The van der Waals surface area contributed by atoms with Gasteiger partial charge in [-0.2, -0.15) is 0 Å². The van der Waals surface area contributed by atoms with Crippen LogP contribution in [-0.2, 0) is 0 Å². The van der Waals surface area contributed by atoms with Crippen LogP contribution in [0, 0.1) is 10.1 Å². The molecule has 0 amide bonds. The molecule has 1 aromatic heterocycles. The molecule has 0 aliphatic carbocycles. The van der Waals surface area contributed by atoms with Gasteiger partial charge in [-0.15, -0.1) is 11.3 Å². The lowest BCUT2D eigenvalue weighted by molar-refractivity contribution is -0.383. The van der Waals surface area contributed by atoms with Crippen LogP contribution in [-0.4, -0.2) is 21.8 Å². The molecular weight excluding hydrogens is 294 g/mol. The van der Waals surface area contributed by atoms with E-state index in [1.54, 1.807) is 0 Å². The molecule has 1 N–H and O–H groups in total. The van der Waals surface area contributed by atoms with Gasteiger partial charge in [0.15, 0.2) is 5.78 Å². The Kier molecular flexibility index (Phi) is 3.25. The number of nitro groups is 1. The predicted octanol–water partition coefficient (Wildman–Crippen LogP) is 3.36. The van der Waals surface area contributed by atoms with Crippen LogP contribution in [0.15, 0.2) is 12.1 Å². The summed E-state index contributed by atoms with van der Waals surface area (Å²) >= 11 is 6.92. The number of fused-ring (bicyclic) bond motifs is 1. The number of hydrogen-bond acceptors (Lipinski definition) is 5. The zero-order valence-electron chi connectivity index (χ0n) is 9.47. The van der Waals surface area contributed by atoms with Crippen LogP contribution in [0.2, 0.25) is 5.02 Å². The molecule has 0 atom stereocenters. The zero-order valence-corrected chi connectivity index (χ0v) is 11.0. The maximum Gasteiger partial charge on any atom is 0.335 e. The second kappa shape index (κ2) is 4.60.